The van der Waals surface area contributed by atoms with Gasteiger partial charge in [-0.1, -0.05) is 19.1 Å². The fraction of sp³-hybridized carbons (Fsp3) is 0.286. The van der Waals surface area contributed by atoms with Gasteiger partial charge in [-0.2, -0.15) is 0 Å². The summed E-state index contributed by atoms with van der Waals surface area (Å²) >= 11 is 0. The molecule has 0 aliphatic rings. The fourth-order valence-electron chi connectivity index (χ4n) is 1.45. The van der Waals surface area contributed by atoms with Crippen molar-refractivity contribution in [3.8, 4) is 11.5 Å². The molecule has 0 heterocycles. The average molecular weight is 248 g/mol. The van der Waals surface area contributed by atoms with Crippen LogP contribution in [0.5, 0.6) is 11.5 Å². The van der Waals surface area contributed by atoms with E-state index in [0.29, 0.717) is 12.0 Å². The monoisotopic (exact) mass is 248 g/mol. The molecule has 2 N–H and O–H groups in total. The third-order valence-corrected chi connectivity index (χ3v) is 2.36. The standard InChI is InChI=1S/C14H16O4/c1-2-3-11(15)9-12(16)6-4-10-5-7-13(17)14(18)8-10/h4-8,17-18H,2-3,9H2,1H3. The van der Waals surface area contributed by atoms with Gasteiger partial charge in [-0.3, -0.25) is 9.59 Å². The molecule has 4 nitrogen and oxygen atoms in total. The number of ketones is 2. The molecule has 0 aliphatic carbocycles. The maximum Gasteiger partial charge on any atom is 0.163 e. The summed E-state index contributed by atoms with van der Waals surface area (Å²) in [5.41, 5.74) is 0.585. The van der Waals surface area contributed by atoms with Crippen molar-refractivity contribution in [2.45, 2.75) is 26.2 Å². The number of phenolic OH excluding ortho intramolecular Hbond substituents is 2. The number of carbonyl (C=O) groups excluding carboxylic acids is 2. The van der Waals surface area contributed by atoms with Gasteiger partial charge >= 0.3 is 0 Å². The molecule has 1 rings (SSSR count). The van der Waals surface area contributed by atoms with Gasteiger partial charge in [0.1, 0.15) is 5.78 Å². The van der Waals surface area contributed by atoms with Gasteiger partial charge in [0.15, 0.2) is 17.3 Å². The molecule has 0 radical (unpaired) electrons. The molecular formula is C14H16O4. The van der Waals surface area contributed by atoms with Crippen LogP contribution in [0.1, 0.15) is 31.7 Å². The first-order valence-corrected chi connectivity index (χ1v) is 5.77. The zero-order valence-corrected chi connectivity index (χ0v) is 10.2. The van der Waals surface area contributed by atoms with E-state index in [4.69, 9.17) is 5.11 Å². The Morgan fingerprint density at radius 1 is 1.22 bits per heavy atom. The normalized spacial score (nSPS) is 10.7. The van der Waals surface area contributed by atoms with E-state index in [0.717, 1.165) is 6.42 Å². The van der Waals surface area contributed by atoms with E-state index < -0.39 is 0 Å². The largest absolute Gasteiger partial charge is 0.504 e. The van der Waals surface area contributed by atoms with Gasteiger partial charge in [-0.05, 0) is 30.2 Å². The van der Waals surface area contributed by atoms with Crippen LogP contribution >= 0.6 is 0 Å². The Balaban J connectivity index is 2.60. The van der Waals surface area contributed by atoms with Gasteiger partial charge in [0.2, 0.25) is 0 Å². The van der Waals surface area contributed by atoms with Crippen LogP contribution in [0, 0.1) is 0 Å². The number of rotatable bonds is 6. The molecule has 0 aromatic heterocycles. The van der Waals surface area contributed by atoms with E-state index in [9.17, 15) is 14.7 Å². The molecule has 4 heteroatoms. The molecule has 0 aliphatic heterocycles. The van der Waals surface area contributed by atoms with Crippen LogP contribution in [0.2, 0.25) is 0 Å². The number of hydrogen-bond acceptors (Lipinski definition) is 4. The van der Waals surface area contributed by atoms with Crippen LogP contribution in [0.3, 0.4) is 0 Å². The van der Waals surface area contributed by atoms with Crippen LogP contribution in [0.25, 0.3) is 6.08 Å². The molecule has 96 valence electrons. The number of phenols is 2. The highest BCUT2D eigenvalue weighted by molar-refractivity contribution is 6.06. The Kier molecular flexibility index (Phi) is 5.11. The summed E-state index contributed by atoms with van der Waals surface area (Å²) in [6.07, 6.45) is 3.87. The van der Waals surface area contributed by atoms with E-state index in [1.165, 1.54) is 24.3 Å². The minimum absolute atomic E-state index is 0.0688. The zero-order valence-electron chi connectivity index (χ0n) is 10.2. The van der Waals surface area contributed by atoms with E-state index in [2.05, 4.69) is 0 Å². The number of aromatic hydroxyl groups is 2. The zero-order chi connectivity index (χ0) is 13.5. The van der Waals surface area contributed by atoms with Crippen LogP contribution < -0.4 is 0 Å². The lowest BCUT2D eigenvalue weighted by molar-refractivity contribution is -0.124. The van der Waals surface area contributed by atoms with Crippen molar-refractivity contribution in [2.75, 3.05) is 0 Å². The van der Waals surface area contributed by atoms with Crippen molar-refractivity contribution in [3.63, 3.8) is 0 Å². The third-order valence-electron chi connectivity index (χ3n) is 2.36. The van der Waals surface area contributed by atoms with Crippen LogP contribution in [-0.4, -0.2) is 21.8 Å². The predicted molar refractivity (Wildman–Crippen MR) is 68.3 cm³/mol. The minimum Gasteiger partial charge on any atom is -0.504 e. The molecule has 0 unspecified atom stereocenters. The molecule has 18 heavy (non-hydrogen) atoms. The lowest BCUT2D eigenvalue weighted by Crippen LogP contribution is -2.04. The van der Waals surface area contributed by atoms with E-state index in [1.807, 2.05) is 6.92 Å². The smallest absolute Gasteiger partial charge is 0.163 e. The minimum atomic E-state index is -0.263. The lowest BCUT2D eigenvalue weighted by atomic mass is 10.1. The second kappa shape index (κ2) is 6.59. The van der Waals surface area contributed by atoms with Crippen molar-refractivity contribution in [1.82, 2.24) is 0 Å². The quantitative estimate of drug-likeness (QED) is 0.460. The first kappa shape index (κ1) is 14.0. The second-order valence-corrected chi connectivity index (χ2v) is 4.01. The Labute approximate surface area is 106 Å². The highest BCUT2D eigenvalue weighted by atomic mass is 16.3. The summed E-state index contributed by atoms with van der Waals surface area (Å²) in [6, 6.07) is 4.24. The molecule has 0 amide bonds. The molecule has 0 spiro atoms. The van der Waals surface area contributed by atoms with Crippen molar-refractivity contribution >= 4 is 17.6 Å². The number of benzene rings is 1. The summed E-state index contributed by atoms with van der Waals surface area (Å²) in [4.78, 5) is 22.7. The summed E-state index contributed by atoms with van der Waals surface area (Å²) in [6.45, 7) is 1.89. The first-order valence-electron chi connectivity index (χ1n) is 5.77. The van der Waals surface area contributed by atoms with Crippen LogP contribution in [0.15, 0.2) is 24.3 Å². The van der Waals surface area contributed by atoms with Gasteiger partial charge in [0.25, 0.3) is 0 Å². The summed E-state index contributed by atoms with van der Waals surface area (Å²) in [7, 11) is 0. The van der Waals surface area contributed by atoms with Crippen LogP contribution in [0.4, 0.5) is 0 Å². The molecule has 0 saturated carbocycles. The van der Waals surface area contributed by atoms with Gasteiger partial charge < -0.3 is 10.2 Å². The van der Waals surface area contributed by atoms with Crippen molar-refractivity contribution in [1.29, 1.82) is 0 Å². The molecule has 0 bridgehead atoms. The molecule has 1 aromatic rings. The molecule has 0 saturated heterocycles. The van der Waals surface area contributed by atoms with Gasteiger partial charge in [0, 0.05) is 6.42 Å². The number of carbonyl (C=O) groups is 2. The average Bonchev–Trinajstić information content (AvgIpc) is 2.31. The molecule has 0 fully saturated rings. The highest BCUT2D eigenvalue weighted by Crippen LogP contribution is 2.25. The Bertz CT molecular complexity index is 475. The maximum absolute atomic E-state index is 11.4. The molecular weight excluding hydrogens is 232 g/mol. The summed E-state index contributed by atoms with van der Waals surface area (Å²) in [5, 5.41) is 18.4. The summed E-state index contributed by atoms with van der Waals surface area (Å²) < 4.78 is 0. The van der Waals surface area contributed by atoms with Gasteiger partial charge in [0.05, 0.1) is 6.42 Å². The van der Waals surface area contributed by atoms with E-state index >= 15 is 0 Å². The van der Waals surface area contributed by atoms with Crippen LogP contribution in [-0.2, 0) is 9.59 Å². The topological polar surface area (TPSA) is 74.6 Å². The second-order valence-electron chi connectivity index (χ2n) is 4.01. The lowest BCUT2D eigenvalue weighted by Gasteiger charge is -1.98. The summed E-state index contributed by atoms with van der Waals surface area (Å²) in [5.74, 6) is -0.787. The number of allylic oxidation sites excluding steroid dienone is 1. The highest BCUT2D eigenvalue weighted by Gasteiger charge is 2.05. The molecule has 0 atom stereocenters. The van der Waals surface area contributed by atoms with Gasteiger partial charge in [-0.25, -0.2) is 0 Å². The number of Topliss-reactive ketones (excluding diaryl/α,β-unsaturated/α-hetero) is 1. The predicted octanol–water partition coefficient (Wildman–Crippen LogP) is 2.44. The maximum atomic E-state index is 11.4. The Hall–Kier alpha value is -2.10. The van der Waals surface area contributed by atoms with Crippen molar-refractivity contribution in [3.05, 3.63) is 29.8 Å². The van der Waals surface area contributed by atoms with Gasteiger partial charge in [-0.15, -0.1) is 0 Å². The number of hydrogen-bond donors (Lipinski definition) is 2. The Morgan fingerprint density at radius 3 is 2.56 bits per heavy atom. The van der Waals surface area contributed by atoms with E-state index in [-0.39, 0.29) is 29.5 Å². The Morgan fingerprint density at radius 2 is 1.94 bits per heavy atom. The van der Waals surface area contributed by atoms with E-state index in [1.54, 1.807) is 6.07 Å². The van der Waals surface area contributed by atoms with Crippen molar-refractivity contribution < 1.29 is 19.8 Å². The van der Waals surface area contributed by atoms with Crippen molar-refractivity contribution in [2.24, 2.45) is 0 Å². The molecule has 1 aromatic carbocycles. The third kappa shape index (κ3) is 4.41. The first-order chi connectivity index (χ1) is 8.52. The fourth-order valence-corrected chi connectivity index (χ4v) is 1.45. The SMILES string of the molecule is CCCC(=O)CC(=O)C=Cc1ccc(O)c(O)c1.